The van der Waals surface area contributed by atoms with Crippen LogP contribution in [0.1, 0.15) is 72.6 Å². The van der Waals surface area contributed by atoms with Gasteiger partial charge in [-0.05, 0) is 44.4 Å². The van der Waals surface area contributed by atoms with E-state index in [1.54, 1.807) is 0 Å². The molecule has 0 aromatic heterocycles. The van der Waals surface area contributed by atoms with Gasteiger partial charge < -0.3 is 4.90 Å². The number of amides is 1. The van der Waals surface area contributed by atoms with Crippen LogP contribution in [0.4, 0.5) is 0 Å². The maximum absolute atomic E-state index is 12.7. The summed E-state index contributed by atoms with van der Waals surface area (Å²) in [5, 5.41) is 3.59. The number of rotatable bonds is 5. The van der Waals surface area contributed by atoms with E-state index in [-0.39, 0.29) is 11.7 Å². The second-order valence-electron chi connectivity index (χ2n) is 7.22. The third-order valence-corrected chi connectivity index (χ3v) is 5.45. The Labute approximate surface area is 124 Å². The van der Waals surface area contributed by atoms with Crippen LogP contribution in [0.25, 0.3) is 0 Å². The van der Waals surface area contributed by atoms with Gasteiger partial charge in [0.25, 0.3) is 0 Å². The number of carbonyl (C=O) groups is 1. The van der Waals surface area contributed by atoms with E-state index in [2.05, 4.69) is 37.9 Å². The van der Waals surface area contributed by atoms with E-state index in [1.165, 1.54) is 25.7 Å². The van der Waals surface area contributed by atoms with Crippen LogP contribution in [0, 0.1) is 11.8 Å². The van der Waals surface area contributed by atoms with Gasteiger partial charge in [0.05, 0.1) is 11.7 Å². The first-order chi connectivity index (χ1) is 9.50. The number of carbonyl (C=O) groups excluding carboxylic acids is 1. The molecule has 3 heteroatoms. The van der Waals surface area contributed by atoms with Gasteiger partial charge in [-0.3, -0.25) is 10.1 Å². The molecule has 0 bridgehead atoms. The minimum Gasteiger partial charge on any atom is -0.325 e. The van der Waals surface area contributed by atoms with Gasteiger partial charge in [0.15, 0.2) is 0 Å². The molecule has 116 valence electrons. The summed E-state index contributed by atoms with van der Waals surface area (Å²) in [5.74, 6) is 1.93. The van der Waals surface area contributed by atoms with Crippen LogP contribution >= 0.6 is 0 Å². The molecule has 2 atom stereocenters. The van der Waals surface area contributed by atoms with E-state index in [1.807, 2.05) is 0 Å². The number of nitrogens with one attached hydrogen (secondary N) is 1. The van der Waals surface area contributed by atoms with E-state index < -0.39 is 0 Å². The van der Waals surface area contributed by atoms with Crippen molar-refractivity contribution in [3.05, 3.63) is 0 Å². The van der Waals surface area contributed by atoms with Crippen LogP contribution in [0.2, 0.25) is 0 Å². The third kappa shape index (κ3) is 3.19. The molecule has 2 fully saturated rings. The monoisotopic (exact) mass is 280 g/mol. The molecule has 2 rings (SSSR count). The van der Waals surface area contributed by atoms with Crippen LogP contribution < -0.4 is 5.32 Å². The summed E-state index contributed by atoms with van der Waals surface area (Å²) in [6.07, 6.45) is 8.61. The fourth-order valence-electron chi connectivity index (χ4n) is 3.72. The molecule has 0 spiro atoms. The Morgan fingerprint density at radius 2 is 1.90 bits per heavy atom. The van der Waals surface area contributed by atoms with Gasteiger partial charge in [-0.1, -0.05) is 40.0 Å². The first-order valence-electron chi connectivity index (χ1n) is 8.59. The lowest BCUT2D eigenvalue weighted by atomic mass is 9.82. The summed E-state index contributed by atoms with van der Waals surface area (Å²) in [5.41, 5.74) is -0.332. The topological polar surface area (TPSA) is 32.3 Å². The molecule has 20 heavy (non-hydrogen) atoms. The Balaban J connectivity index is 2.01. The molecule has 2 aliphatic rings. The SMILES string of the molecule is CCCC1NC(C)(CC)C(=O)N1CC1CCC(C)CC1. The normalized spacial score (nSPS) is 38.5. The second kappa shape index (κ2) is 6.46. The van der Waals surface area contributed by atoms with E-state index in [4.69, 9.17) is 0 Å². The quantitative estimate of drug-likeness (QED) is 0.835. The molecule has 1 amide bonds. The Morgan fingerprint density at radius 1 is 1.25 bits per heavy atom. The van der Waals surface area contributed by atoms with Crippen molar-refractivity contribution in [2.45, 2.75) is 84.3 Å². The fourth-order valence-corrected chi connectivity index (χ4v) is 3.72. The summed E-state index contributed by atoms with van der Waals surface area (Å²) >= 11 is 0. The molecule has 3 nitrogen and oxygen atoms in total. The zero-order chi connectivity index (χ0) is 14.8. The molecule has 1 saturated heterocycles. The van der Waals surface area contributed by atoms with Gasteiger partial charge in [-0.25, -0.2) is 0 Å². The highest BCUT2D eigenvalue weighted by molar-refractivity contribution is 5.88. The molecule has 1 saturated carbocycles. The molecule has 1 N–H and O–H groups in total. The lowest BCUT2D eigenvalue weighted by molar-refractivity contribution is -0.133. The van der Waals surface area contributed by atoms with Gasteiger partial charge in [-0.2, -0.15) is 0 Å². The molecule has 1 aliphatic heterocycles. The van der Waals surface area contributed by atoms with Crippen molar-refractivity contribution in [2.75, 3.05) is 6.54 Å². The Morgan fingerprint density at radius 3 is 2.45 bits per heavy atom. The summed E-state index contributed by atoms with van der Waals surface area (Å²) in [7, 11) is 0. The lowest BCUT2D eigenvalue weighted by Crippen LogP contribution is -2.43. The molecular formula is C17H32N2O. The van der Waals surface area contributed by atoms with Crippen LogP contribution in [-0.4, -0.2) is 29.1 Å². The molecule has 0 radical (unpaired) electrons. The highest BCUT2D eigenvalue weighted by Gasteiger charge is 2.46. The van der Waals surface area contributed by atoms with Crippen molar-refractivity contribution in [2.24, 2.45) is 11.8 Å². The summed E-state index contributed by atoms with van der Waals surface area (Å²) in [6.45, 7) is 9.71. The van der Waals surface area contributed by atoms with Crippen molar-refractivity contribution in [3.63, 3.8) is 0 Å². The van der Waals surface area contributed by atoms with Crippen molar-refractivity contribution in [3.8, 4) is 0 Å². The number of hydrogen-bond acceptors (Lipinski definition) is 2. The molecule has 0 aromatic rings. The third-order valence-electron chi connectivity index (χ3n) is 5.45. The predicted molar refractivity (Wildman–Crippen MR) is 83.4 cm³/mol. The summed E-state index contributed by atoms with van der Waals surface area (Å²) < 4.78 is 0. The van der Waals surface area contributed by atoms with Crippen molar-refractivity contribution in [1.29, 1.82) is 0 Å². The molecule has 0 aromatic carbocycles. The van der Waals surface area contributed by atoms with Crippen molar-refractivity contribution < 1.29 is 4.79 Å². The summed E-state index contributed by atoms with van der Waals surface area (Å²) in [4.78, 5) is 14.9. The first kappa shape index (κ1) is 15.8. The van der Waals surface area contributed by atoms with Gasteiger partial charge in [0, 0.05) is 6.54 Å². The van der Waals surface area contributed by atoms with Crippen molar-refractivity contribution in [1.82, 2.24) is 10.2 Å². The summed E-state index contributed by atoms with van der Waals surface area (Å²) in [6, 6.07) is 0. The zero-order valence-electron chi connectivity index (χ0n) is 13.7. The van der Waals surface area contributed by atoms with Gasteiger partial charge in [0.1, 0.15) is 0 Å². The highest BCUT2D eigenvalue weighted by Crippen LogP contribution is 2.32. The minimum atomic E-state index is -0.332. The molecule has 1 heterocycles. The molecular weight excluding hydrogens is 248 g/mol. The van der Waals surface area contributed by atoms with E-state index >= 15 is 0 Å². The van der Waals surface area contributed by atoms with E-state index in [0.717, 1.165) is 37.6 Å². The second-order valence-corrected chi connectivity index (χ2v) is 7.22. The zero-order valence-corrected chi connectivity index (χ0v) is 13.7. The smallest absolute Gasteiger partial charge is 0.243 e. The Bertz CT molecular complexity index is 336. The van der Waals surface area contributed by atoms with Crippen LogP contribution in [0.5, 0.6) is 0 Å². The van der Waals surface area contributed by atoms with E-state index in [0.29, 0.717) is 5.91 Å². The first-order valence-corrected chi connectivity index (χ1v) is 8.59. The highest BCUT2D eigenvalue weighted by atomic mass is 16.2. The average molecular weight is 280 g/mol. The molecule has 2 unspecified atom stereocenters. The largest absolute Gasteiger partial charge is 0.325 e. The lowest BCUT2D eigenvalue weighted by Gasteiger charge is -2.32. The molecule has 1 aliphatic carbocycles. The number of nitrogens with zero attached hydrogens (tertiary/aromatic N) is 1. The average Bonchev–Trinajstić information content (AvgIpc) is 2.67. The fraction of sp³-hybridized carbons (Fsp3) is 0.941. The van der Waals surface area contributed by atoms with Crippen LogP contribution in [0.15, 0.2) is 0 Å². The van der Waals surface area contributed by atoms with Gasteiger partial charge in [-0.15, -0.1) is 0 Å². The maximum atomic E-state index is 12.7. The van der Waals surface area contributed by atoms with Crippen molar-refractivity contribution >= 4 is 5.91 Å². The standard InChI is InChI=1S/C17H32N2O/c1-5-7-15-18-17(4,6-2)16(20)19(15)12-14-10-8-13(3)9-11-14/h13-15,18H,5-12H2,1-4H3. The predicted octanol–water partition coefficient (Wildman–Crippen LogP) is 3.54. The van der Waals surface area contributed by atoms with E-state index in [9.17, 15) is 4.79 Å². The van der Waals surface area contributed by atoms with Gasteiger partial charge >= 0.3 is 0 Å². The Hall–Kier alpha value is -0.570. The van der Waals surface area contributed by atoms with Gasteiger partial charge in [0.2, 0.25) is 5.91 Å². The maximum Gasteiger partial charge on any atom is 0.243 e. The van der Waals surface area contributed by atoms with Crippen LogP contribution in [0.3, 0.4) is 0 Å². The van der Waals surface area contributed by atoms with Crippen LogP contribution in [-0.2, 0) is 4.79 Å². The number of hydrogen-bond donors (Lipinski definition) is 1. The minimum absolute atomic E-state index is 0.261. The Kier molecular flexibility index (Phi) is 5.11.